The molecule has 1 N–H and O–H groups in total. The van der Waals surface area contributed by atoms with Gasteiger partial charge in [0.25, 0.3) is 11.2 Å². The molecule has 2 rings (SSSR count). The van der Waals surface area contributed by atoms with Gasteiger partial charge in [-0.3, -0.25) is 14.9 Å². The van der Waals surface area contributed by atoms with Gasteiger partial charge in [0.1, 0.15) is 12.4 Å². The number of hydrogen-bond acceptors (Lipinski definition) is 5. The van der Waals surface area contributed by atoms with Crippen molar-refractivity contribution in [3.05, 3.63) is 68.1 Å². The quantitative estimate of drug-likeness (QED) is 0.522. The standard InChI is InChI=1S/C13H12N2O5/c1-9-5-11(14(17)13(16)6-9)8-20-12-4-2-3-10(7-12)15(18)19/h2-7,17H,8H2,1H3. The molecule has 0 aliphatic heterocycles. The van der Waals surface area contributed by atoms with E-state index in [1.165, 1.54) is 24.3 Å². The first kappa shape index (κ1) is 13.6. The Morgan fingerprint density at radius 3 is 2.80 bits per heavy atom. The van der Waals surface area contributed by atoms with Gasteiger partial charge in [-0.25, -0.2) is 0 Å². The lowest BCUT2D eigenvalue weighted by Gasteiger charge is -2.09. The molecule has 1 aromatic carbocycles. The summed E-state index contributed by atoms with van der Waals surface area (Å²) in [5, 5.41) is 20.2. The van der Waals surface area contributed by atoms with Gasteiger partial charge < -0.3 is 9.94 Å². The van der Waals surface area contributed by atoms with Gasteiger partial charge in [-0.2, -0.15) is 0 Å². The van der Waals surface area contributed by atoms with Gasteiger partial charge in [0.15, 0.2) is 0 Å². The zero-order valence-electron chi connectivity index (χ0n) is 10.6. The molecule has 0 amide bonds. The lowest BCUT2D eigenvalue weighted by molar-refractivity contribution is -0.384. The largest absolute Gasteiger partial charge is 0.487 e. The molecule has 0 radical (unpaired) electrons. The van der Waals surface area contributed by atoms with Crippen molar-refractivity contribution in [1.29, 1.82) is 0 Å². The van der Waals surface area contributed by atoms with Crippen LogP contribution in [0.4, 0.5) is 5.69 Å². The van der Waals surface area contributed by atoms with Gasteiger partial charge in [-0.15, -0.1) is 4.73 Å². The van der Waals surface area contributed by atoms with Crippen molar-refractivity contribution >= 4 is 5.69 Å². The molecule has 104 valence electrons. The number of non-ortho nitro benzene ring substituents is 1. The topological polar surface area (TPSA) is 94.6 Å². The lowest BCUT2D eigenvalue weighted by Crippen LogP contribution is -2.21. The maximum absolute atomic E-state index is 11.4. The number of benzene rings is 1. The summed E-state index contributed by atoms with van der Waals surface area (Å²) in [5.41, 5.74) is 0.315. The van der Waals surface area contributed by atoms with Crippen molar-refractivity contribution in [3.8, 4) is 5.75 Å². The Morgan fingerprint density at radius 2 is 2.10 bits per heavy atom. The highest BCUT2D eigenvalue weighted by molar-refractivity contribution is 5.38. The number of pyridine rings is 1. The lowest BCUT2D eigenvalue weighted by atomic mass is 10.2. The summed E-state index contributed by atoms with van der Waals surface area (Å²) < 4.78 is 5.84. The molecule has 0 saturated heterocycles. The van der Waals surface area contributed by atoms with Crippen LogP contribution in [0.1, 0.15) is 11.3 Å². The molecule has 0 spiro atoms. The molecular formula is C13H12N2O5. The van der Waals surface area contributed by atoms with Crippen LogP contribution in [0.25, 0.3) is 0 Å². The van der Waals surface area contributed by atoms with Crippen LogP contribution < -0.4 is 10.3 Å². The Kier molecular flexibility index (Phi) is 3.69. The van der Waals surface area contributed by atoms with Crippen molar-refractivity contribution < 1.29 is 14.9 Å². The number of nitro groups is 1. The van der Waals surface area contributed by atoms with Crippen LogP contribution >= 0.6 is 0 Å². The van der Waals surface area contributed by atoms with E-state index in [4.69, 9.17) is 4.74 Å². The Bertz CT molecular complexity index is 708. The predicted molar refractivity (Wildman–Crippen MR) is 70.1 cm³/mol. The minimum absolute atomic E-state index is 0.0748. The third-order valence-corrected chi connectivity index (χ3v) is 2.64. The van der Waals surface area contributed by atoms with Crippen molar-refractivity contribution in [2.75, 3.05) is 0 Å². The smallest absolute Gasteiger partial charge is 0.283 e. The van der Waals surface area contributed by atoms with E-state index >= 15 is 0 Å². The fourth-order valence-electron chi connectivity index (χ4n) is 1.71. The Hall–Kier alpha value is -2.83. The third-order valence-electron chi connectivity index (χ3n) is 2.64. The van der Waals surface area contributed by atoms with Crippen molar-refractivity contribution in [2.24, 2.45) is 0 Å². The number of hydrogen-bond donors (Lipinski definition) is 1. The minimum atomic E-state index is -0.553. The second kappa shape index (κ2) is 5.43. The number of rotatable bonds is 4. The van der Waals surface area contributed by atoms with Crippen LogP contribution in [0.2, 0.25) is 0 Å². The average molecular weight is 276 g/mol. The Labute approximate surface area is 113 Å². The first-order chi connectivity index (χ1) is 9.47. The van der Waals surface area contributed by atoms with E-state index in [1.807, 2.05) is 0 Å². The molecule has 7 nitrogen and oxygen atoms in total. The summed E-state index contributed by atoms with van der Waals surface area (Å²) in [7, 11) is 0. The Balaban J connectivity index is 2.19. The maximum atomic E-state index is 11.4. The highest BCUT2D eigenvalue weighted by atomic mass is 16.6. The molecule has 1 heterocycles. The first-order valence-electron chi connectivity index (χ1n) is 5.76. The summed E-state index contributed by atoms with van der Waals surface area (Å²) in [6.45, 7) is 1.65. The fraction of sp³-hybridized carbons (Fsp3) is 0.154. The van der Waals surface area contributed by atoms with Crippen molar-refractivity contribution in [2.45, 2.75) is 13.5 Å². The number of ether oxygens (including phenoxy) is 1. The molecule has 2 aromatic rings. The van der Waals surface area contributed by atoms with E-state index in [9.17, 15) is 20.1 Å². The van der Waals surface area contributed by atoms with Gasteiger partial charge in [0, 0.05) is 12.1 Å². The molecule has 0 fully saturated rings. The van der Waals surface area contributed by atoms with Gasteiger partial charge >= 0.3 is 0 Å². The second-order valence-corrected chi connectivity index (χ2v) is 4.22. The van der Waals surface area contributed by atoms with Crippen LogP contribution in [0.15, 0.2) is 41.2 Å². The second-order valence-electron chi connectivity index (χ2n) is 4.22. The molecule has 0 aliphatic carbocycles. The number of aromatic nitrogens is 1. The predicted octanol–water partition coefficient (Wildman–Crippen LogP) is 1.88. The Morgan fingerprint density at radius 1 is 1.35 bits per heavy atom. The molecule has 20 heavy (non-hydrogen) atoms. The average Bonchev–Trinajstić information content (AvgIpc) is 2.41. The van der Waals surface area contributed by atoms with Crippen LogP contribution in [0.5, 0.6) is 5.75 Å². The van der Waals surface area contributed by atoms with Crippen LogP contribution in [-0.2, 0) is 6.61 Å². The number of aryl methyl sites for hydroxylation is 1. The van der Waals surface area contributed by atoms with E-state index in [2.05, 4.69) is 0 Å². The van der Waals surface area contributed by atoms with E-state index in [1.54, 1.807) is 19.1 Å². The normalized spacial score (nSPS) is 10.2. The monoisotopic (exact) mass is 276 g/mol. The van der Waals surface area contributed by atoms with Crippen LogP contribution in [-0.4, -0.2) is 14.9 Å². The highest BCUT2D eigenvalue weighted by Crippen LogP contribution is 2.20. The van der Waals surface area contributed by atoms with E-state index in [-0.39, 0.29) is 23.7 Å². The molecule has 1 aromatic heterocycles. The zero-order chi connectivity index (χ0) is 14.7. The molecule has 0 saturated carbocycles. The van der Waals surface area contributed by atoms with E-state index in [0.29, 0.717) is 10.3 Å². The SMILES string of the molecule is Cc1cc(COc2cccc([N+](=O)[O-])c2)n(O)c(=O)c1. The minimum Gasteiger partial charge on any atom is -0.487 e. The fourth-order valence-corrected chi connectivity index (χ4v) is 1.71. The molecular weight excluding hydrogens is 264 g/mol. The summed E-state index contributed by atoms with van der Waals surface area (Å²) >= 11 is 0. The van der Waals surface area contributed by atoms with E-state index in [0.717, 1.165) is 0 Å². The van der Waals surface area contributed by atoms with Gasteiger partial charge in [0.05, 0.1) is 16.7 Å². The number of nitrogens with zero attached hydrogens (tertiary/aromatic N) is 2. The summed E-state index contributed by atoms with van der Waals surface area (Å²) in [4.78, 5) is 21.5. The van der Waals surface area contributed by atoms with Gasteiger partial charge in [-0.05, 0) is 24.6 Å². The molecule has 7 heteroatoms. The zero-order valence-corrected chi connectivity index (χ0v) is 10.6. The highest BCUT2D eigenvalue weighted by Gasteiger charge is 2.08. The van der Waals surface area contributed by atoms with Gasteiger partial charge in [-0.1, -0.05) is 6.07 Å². The van der Waals surface area contributed by atoms with Crippen LogP contribution in [0.3, 0.4) is 0 Å². The third kappa shape index (κ3) is 2.94. The van der Waals surface area contributed by atoms with Crippen molar-refractivity contribution in [3.63, 3.8) is 0 Å². The maximum Gasteiger partial charge on any atom is 0.283 e. The van der Waals surface area contributed by atoms with E-state index < -0.39 is 10.5 Å². The number of nitro benzene ring substituents is 1. The first-order valence-corrected chi connectivity index (χ1v) is 5.76. The summed E-state index contributed by atoms with van der Waals surface area (Å²) in [6.07, 6.45) is 0. The molecule has 0 bridgehead atoms. The summed E-state index contributed by atoms with van der Waals surface area (Å²) in [5.74, 6) is 0.285. The molecule has 0 unspecified atom stereocenters. The van der Waals surface area contributed by atoms with Gasteiger partial charge in [0.2, 0.25) is 0 Å². The molecule has 0 aliphatic rings. The van der Waals surface area contributed by atoms with Crippen LogP contribution in [0, 0.1) is 17.0 Å². The van der Waals surface area contributed by atoms with Crippen molar-refractivity contribution in [1.82, 2.24) is 4.73 Å². The summed E-state index contributed by atoms with van der Waals surface area (Å²) in [6, 6.07) is 8.56. The molecule has 0 atom stereocenters.